The zero-order valence-corrected chi connectivity index (χ0v) is 10.9. The molecule has 2 rings (SSSR count). The van der Waals surface area contributed by atoms with Crippen molar-refractivity contribution in [1.82, 2.24) is 0 Å². The Morgan fingerprint density at radius 2 is 2.00 bits per heavy atom. The molecule has 1 heterocycles. The third-order valence-electron chi connectivity index (χ3n) is 4.75. The fraction of sp³-hybridized carbons (Fsp3) is 1.00. The Labute approximate surface area is 105 Å². The highest BCUT2D eigenvalue weighted by Crippen LogP contribution is 2.37. The van der Waals surface area contributed by atoms with Crippen LogP contribution in [0.1, 0.15) is 51.4 Å². The molecule has 0 amide bonds. The van der Waals surface area contributed by atoms with Crippen molar-refractivity contribution in [2.45, 2.75) is 57.5 Å². The molecule has 0 bridgehead atoms. The van der Waals surface area contributed by atoms with E-state index in [1.807, 2.05) is 0 Å². The summed E-state index contributed by atoms with van der Waals surface area (Å²) in [5.74, 6) is 0.712. The molecule has 2 atom stereocenters. The summed E-state index contributed by atoms with van der Waals surface area (Å²) in [6, 6.07) is 0. The minimum Gasteiger partial charge on any atom is -0.392 e. The second kappa shape index (κ2) is 6.17. The van der Waals surface area contributed by atoms with Gasteiger partial charge in [0.05, 0.1) is 12.7 Å². The first kappa shape index (κ1) is 13.3. The van der Waals surface area contributed by atoms with Crippen molar-refractivity contribution in [3.63, 3.8) is 0 Å². The zero-order chi connectivity index (χ0) is 12.1. The lowest BCUT2D eigenvalue weighted by Crippen LogP contribution is -2.48. The summed E-state index contributed by atoms with van der Waals surface area (Å²) >= 11 is 0. The Bertz CT molecular complexity index is 220. The zero-order valence-electron chi connectivity index (χ0n) is 10.9. The summed E-state index contributed by atoms with van der Waals surface area (Å²) in [5.41, 5.74) is 5.75. The van der Waals surface area contributed by atoms with E-state index in [2.05, 4.69) is 0 Å². The van der Waals surface area contributed by atoms with Crippen molar-refractivity contribution in [1.29, 1.82) is 0 Å². The van der Waals surface area contributed by atoms with Gasteiger partial charge in [0.25, 0.3) is 0 Å². The molecular weight excluding hydrogens is 214 g/mol. The number of nitrogens with two attached hydrogens (primary N) is 1. The van der Waals surface area contributed by atoms with Crippen LogP contribution in [0, 0.1) is 11.3 Å². The number of aliphatic hydroxyl groups excluding tert-OH is 1. The van der Waals surface area contributed by atoms with Gasteiger partial charge in [-0.25, -0.2) is 0 Å². The molecule has 1 aliphatic heterocycles. The van der Waals surface area contributed by atoms with Crippen LogP contribution in [0.15, 0.2) is 0 Å². The first-order valence-corrected chi connectivity index (χ1v) is 7.23. The van der Waals surface area contributed by atoms with Gasteiger partial charge in [-0.15, -0.1) is 0 Å². The van der Waals surface area contributed by atoms with Crippen molar-refractivity contribution in [2.24, 2.45) is 17.1 Å². The second-order valence-electron chi connectivity index (χ2n) is 5.98. The summed E-state index contributed by atoms with van der Waals surface area (Å²) in [7, 11) is 0. The highest BCUT2D eigenvalue weighted by molar-refractivity contribution is 4.90. The van der Waals surface area contributed by atoms with Crippen LogP contribution in [0.2, 0.25) is 0 Å². The summed E-state index contributed by atoms with van der Waals surface area (Å²) < 4.78 is 5.55. The summed E-state index contributed by atoms with van der Waals surface area (Å²) in [6.07, 6.45) is 9.36. The van der Waals surface area contributed by atoms with Crippen LogP contribution in [0.4, 0.5) is 0 Å². The summed E-state index contributed by atoms with van der Waals surface area (Å²) in [4.78, 5) is 0. The van der Waals surface area contributed by atoms with E-state index >= 15 is 0 Å². The van der Waals surface area contributed by atoms with Gasteiger partial charge in [-0.05, 0) is 25.2 Å². The number of aliphatic hydroxyl groups is 1. The van der Waals surface area contributed by atoms with Gasteiger partial charge in [-0.1, -0.05) is 32.1 Å². The smallest absolute Gasteiger partial charge is 0.0633 e. The molecule has 1 saturated carbocycles. The molecule has 0 aromatic heterocycles. The maximum atomic E-state index is 10.5. The molecule has 17 heavy (non-hydrogen) atoms. The maximum Gasteiger partial charge on any atom is 0.0633 e. The Morgan fingerprint density at radius 3 is 2.59 bits per heavy atom. The van der Waals surface area contributed by atoms with Gasteiger partial charge in [0, 0.05) is 18.6 Å². The number of ether oxygens (including phenoxy) is 1. The average Bonchev–Trinajstić information content (AvgIpc) is 2.40. The van der Waals surface area contributed by atoms with E-state index < -0.39 is 0 Å². The second-order valence-corrected chi connectivity index (χ2v) is 5.98. The lowest BCUT2D eigenvalue weighted by molar-refractivity contribution is -0.0848. The molecule has 2 fully saturated rings. The van der Waals surface area contributed by atoms with Crippen molar-refractivity contribution in [3.05, 3.63) is 0 Å². The molecule has 2 aliphatic rings. The van der Waals surface area contributed by atoms with E-state index in [-0.39, 0.29) is 11.5 Å². The standard InChI is InChI=1S/C14H27NO2/c15-10-14(7-4-8-17-11-14)13(16)9-12-5-2-1-3-6-12/h12-13,16H,1-11,15H2. The molecule has 2 unspecified atom stereocenters. The lowest BCUT2D eigenvalue weighted by Gasteiger charge is -2.41. The van der Waals surface area contributed by atoms with Gasteiger partial charge >= 0.3 is 0 Å². The van der Waals surface area contributed by atoms with E-state index in [4.69, 9.17) is 10.5 Å². The highest BCUT2D eigenvalue weighted by Gasteiger charge is 2.39. The van der Waals surface area contributed by atoms with Gasteiger partial charge in [0.15, 0.2) is 0 Å². The topological polar surface area (TPSA) is 55.5 Å². The van der Waals surface area contributed by atoms with Crippen LogP contribution in [-0.2, 0) is 4.74 Å². The predicted octanol–water partition coefficient (Wildman–Crippen LogP) is 2.07. The fourth-order valence-corrected chi connectivity index (χ4v) is 3.42. The average molecular weight is 241 g/mol. The van der Waals surface area contributed by atoms with Crippen LogP contribution in [0.3, 0.4) is 0 Å². The molecule has 3 heteroatoms. The molecule has 3 nitrogen and oxygen atoms in total. The monoisotopic (exact) mass is 241 g/mol. The van der Waals surface area contributed by atoms with Crippen molar-refractivity contribution >= 4 is 0 Å². The van der Waals surface area contributed by atoms with Crippen LogP contribution in [0.25, 0.3) is 0 Å². The van der Waals surface area contributed by atoms with Crippen LogP contribution in [0.5, 0.6) is 0 Å². The maximum absolute atomic E-state index is 10.5. The number of rotatable bonds is 4. The minimum atomic E-state index is -0.268. The number of hydrogen-bond acceptors (Lipinski definition) is 3. The molecule has 0 radical (unpaired) electrons. The first-order chi connectivity index (χ1) is 8.27. The van der Waals surface area contributed by atoms with Crippen LogP contribution in [-0.4, -0.2) is 31.0 Å². The predicted molar refractivity (Wildman–Crippen MR) is 68.7 cm³/mol. The quantitative estimate of drug-likeness (QED) is 0.792. The Kier molecular flexibility index (Phi) is 4.83. The van der Waals surface area contributed by atoms with Crippen molar-refractivity contribution in [2.75, 3.05) is 19.8 Å². The Morgan fingerprint density at radius 1 is 1.24 bits per heavy atom. The van der Waals surface area contributed by atoms with Crippen LogP contribution >= 0.6 is 0 Å². The first-order valence-electron chi connectivity index (χ1n) is 7.23. The largest absolute Gasteiger partial charge is 0.392 e. The molecule has 100 valence electrons. The molecule has 0 aromatic carbocycles. The molecule has 0 aromatic rings. The van der Waals surface area contributed by atoms with Gasteiger partial charge in [-0.3, -0.25) is 0 Å². The molecule has 1 aliphatic carbocycles. The van der Waals surface area contributed by atoms with Crippen LogP contribution < -0.4 is 5.73 Å². The van der Waals surface area contributed by atoms with Crippen molar-refractivity contribution in [3.8, 4) is 0 Å². The SMILES string of the molecule is NCC1(C(O)CC2CCCCC2)CCCOC1. The van der Waals surface area contributed by atoms with Crippen molar-refractivity contribution < 1.29 is 9.84 Å². The minimum absolute atomic E-state index is 0.157. The normalized spacial score (nSPS) is 33.5. The van der Waals surface area contributed by atoms with E-state index in [0.29, 0.717) is 19.1 Å². The molecule has 3 N–H and O–H groups in total. The highest BCUT2D eigenvalue weighted by atomic mass is 16.5. The van der Waals surface area contributed by atoms with Gasteiger partial charge in [0.1, 0.15) is 0 Å². The summed E-state index contributed by atoms with van der Waals surface area (Å²) in [5, 5.41) is 10.5. The lowest BCUT2D eigenvalue weighted by atomic mass is 9.72. The third-order valence-corrected chi connectivity index (χ3v) is 4.75. The third kappa shape index (κ3) is 3.21. The molecule has 1 saturated heterocycles. The molecular formula is C14H27NO2. The molecule has 0 spiro atoms. The Balaban J connectivity index is 1.89. The van der Waals surface area contributed by atoms with E-state index in [1.54, 1.807) is 0 Å². The van der Waals surface area contributed by atoms with E-state index in [0.717, 1.165) is 25.9 Å². The van der Waals surface area contributed by atoms with Gasteiger partial charge < -0.3 is 15.6 Å². The Hall–Kier alpha value is -0.120. The summed E-state index contributed by atoms with van der Waals surface area (Å²) in [6.45, 7) is 2.04. The van der Waals surface area contributed by atoms with Gasteiger partial charge in [-0.2, -0.15) is 0 Å². The fourth-order valence-electron chi connectivity index (χ4n) is 3.42. The number of hydrogen-bond donors (Lipinski definition) is 2. The van der Waals surface area contributed by atoms with E-state index in [9.17, 15) is 5.11 Å². The van der Waals surface area contributed by atoms with E-state index in [1.165, 1.54) is 32.1 Å². The van der Waals surface area contributed by atoms with Gasteiger partial charge in [0.2, 0.25) is 0 Å².